The number of hydrogen-bond acceptors (Lipinski definition) is 6. The minimum Gasteiger partial charge on any atom is -0.395 e. The predicted octanol–water partition coefficient (Wildman–Crippen LogP) is -0.00250. The largest absolute Gasteiger partial charge is 0.395 e. The Morgan fingerprint density at radius 2 is 1.92 bits per heavy atom. The zero-order valence-corrected chi connectivity index (χ0v) is 14.4. The van der Waals surface area contributed by atoms with Gasteiger partial charge < -0.3 is 5.11 Å². The molecule has 3 rings (SSSR count). The van der Waals surface area contributed by atoms with Gasteiger partial charge in [0.25, 0.3) is 0 Å². The molecule has 0 atom stereocenters. The third-order valence-corrected chi connectivity index (χ3v) is 5.12. The summed E-state index contributed by atoms with van der Waals surface area (Å²) in [6.45, 7) is 0.231. The molecule has 0 aliphatic carbocycles. The summed E-state index contributed by atoms with van der Waals surface area (Å²) in [7, 11) is -1.79. The smallest absolute Gasteiger partial charge is 0.240 e. The number of aromatic nitrogens is 5. The highest BCUT2D eigenvalue weighted by atomic mass is 32.2. The lowest BCUT2D eigenvalue weighted by molar-refractivity contribution is 0.301. The van der Waals surface area contributed by atoms with Crippen LogP contribution in [0.4, 0.5) is 0 Å². The zero-order chi connectivity index (χ0) is 17.9. The first kappa shape index (κ1) is 17.3. The van der Waals surface area contributed by atoms with Gasteiger partial charge in [-0.25, -0.2) is 18.1 Å². The first-order valence-electron chi connectivity index (χ1n) is 7.56. The summed E-state index contributed by atoms with van der Waals surface area (Å²) >= 11 is 0. The lowest BCUT2D eigenvalue weighted by Crippen LogP contribution is -2.26. The van der Waals surface area contributed by atoms with E-state index in [1.54, 1.807) is 27.7 Å². The summed E-state index contributed by atoms with van der Waals surface area (Å²) in [4.78, 5) is 4.30. The van der Waals surface area contributed by atoms with E-state index in [4.69, 9.17) is 5.11 Å². The van der Waals surface area contributed by atoms with Crippen LogP contribution in [0.2, 0.25) is 0 Å². The Hall–Kier alpha value is -2.56. The fraction of sp³-hybridized carbons (Fsp3) is 0.267. The van der Waals surface area contributed by atoms with Gasteiger partial charge in [-0.1, -0.05) is 12.1 Å². The van der Waals surface area contributed by atoms with Crippen LogP contribution >= 0.6 is 0 Å². The second-order valence-electron chi connectivity index (χ2n) is 5.37. The normalized spacial score (nSPS) is 11.8. The molecule has 0 fully saturated rings. The molecule has 25 heavy (non-hydrogen) atoms. The van der Waals surface area contributed by atoms with Crippen molar-refractivity contribution in [2.45, 2.75) is 11.4 Å². The molecule has 2 N–H and O–H groups in total. The first-order valence-corrected chi connectivity index (χ1v) is 9.04. The Labute approximate surface area is 145 Å². The molecule has 0 radical (unpaired) electrons. The van der Waals surface area contributed by atoms with Crippen molar-refractivity contribution in [1.82, 2.24) is 29.3 Å². The maximum atomic E-state index is 12.0. The van der Waals surface area contributed by atoms with Crippen LogP contribution in [0.1, 0.15) is 5.82 Å². The minimum atomic E-state index is -3.60. The van der Waals surface area contributed by atoms with E-state index in [0.717, 1.165) is 17.0 Å². The summed E-state index contributed by atoms with van der Waals surface area (Å²) in [6, 6.07) is 6.48. The molecule has 0 unspecified atom stereocenters. The van der Waals surface area contributed by atoms with Crippen LogP contribution in [0, 0.1) is 0 Å². The van der Waals surface area contributed by atoms with Crippen LogP contribution in [0.3, 0.4) is 0 Å². The van der Waals surface area contributed by atoms with Crippen molar-refractivity contribution in [3.05, 3.63) is 48.8 Å². The summed E-state index contributed by atoms with van der Waals surface area (Å²) in [5, 5.41) is 17.0. The van der Waals surface area contributed by atoms with Crippen LogP contribution in [0.5, 0.6) is 0 Å². The Morgan fingerprint density at radius 3 is 2.56 bits per heavy atom. The highest BCUT2D eigenvalue weighted by Gasteiger charge is 2.13. The molecule has 2 aromatic heterocycles. The number of benzene rings is 1. The van der Waals surface area contributed by atoms with E-state index in [1.165, 1.54) is 18.5 Å². The Morgan fingerprint density at radius 1 is 1.16 bits per heavy atom. The first-order chi connectivity index (χ1) is 12.0. The number of nitrogens with one attached hydrogen (secondary N) is 1. The monoisotopic (exact) mass is 362 g/mol. The minimum absolute atomic E-state index is 0.0150. The third kappa shape index (κ3) is 3.92. The van der Waals surface area contributed by atoms with Crippen molar-refractivity contribution in [3.63, 3.8) is 0 Å². The van der Waals surface area contributed by atoms with Gasteiger partial charge >= 0.3 is 0 Å². The number of hydrogen-bond donors (Lipinski definition) is 2. The van der Waals surface area contributed by atoms with Crippen molar-refractivity contribution in [2.75, 3.05) is 13.2 Å². The molecule has 0 saturated heterocycles. The Bertz CT molecular complexity index is 946. The van der Waals surface area contributed by atoms with Crippen LogP contribution in [-0.2, 0) is 23.6 Å². The molecule has 9 nitrogen and oxygen atoms in total. The van der Waals surface area contributed by atoms with E-state index in [0.29, 0.717) is 6.54 Å². The SMILES string of the molecule is Cn1ncnc1Cn1cc(-c2ccc(S(=O)(=O)NCCO)cc2)cn1. The fourth-order valence-corrected chi connectivity index (χ4v) is 3.32. The lowest BCUT2D eigenvalue weighted by Gasteiger charge is -2.06. The lowest BCUT2D eigenvalue weighted by atomic mass is 10.1. The standard InChI is InChI=1S/C15H18N6O3S/c1-20-15(16-11-18-20)10-21-9-13(8-17-21)12-2-4-14(5-3-12)25(23,24)19-6-7-22/h2-5,8-9,11,19,22H,6-7,10H2,1H3. The molecule has 3 aromatic rings. The third-order valence-electron chi connectivity index (χ3n) is 3.64. The van der Waals surface area contributed by atoms with Crippen LogP contribution in [0.15, 0.2) is 47.9 Å². The number of rotatable bonds is 7. The average Bonchev–Trinajstić information content (AvgIpc) is 3.23. The second kappa shape index (κ2) is 7.13. The van der Waals surface area contributed by atoms with E-state index in [2.05, 4.69) is 19.9 Å². The highest BCUT2D eigenvalue weighted by Crippen LogP contribution is 2.21. The van der Waals surface area contributed by atoms with E-state index >= 15 is 0 Å². The molecule has 1 aromatic carbocycles. The molecule has 0 aliphatic heterocycles. The summed E-state index contributed by atoms with van der Waals surface area (Å²) in [6.07, 6.45) is 5.07. The van der Waals surface area contributed by atoms with Gasteiger partial charge in [-0.3, -0.25) is 9.36 Å². The van der Waals surface area contributed by atoms with Crippen molar-refractivity contribution in [1.29, 1.82) is 0 Å². The van der Waals surface area contributed by atoms with Gasteiger partial charge in [-0.2, -0.15) is 10.2 Å². The quantitative estimate of drug-likeness (QED) is 0.611. The van der Waals surface area contributed by atoms with Crippen molar-refractivity contribution in [3.8, 4) is 11.1 Å². The highest BCUT2D eigenvalue weighted by molar-refractivity contribution is 7.89. The number of aliphatic hydroxyl groups excluding tert-OH is 1. The number of sulfonamides is 1. The maximum absolute atomic E-state index is 12.0. The number of nitrogens with zero attached hydrogens (tertiary/aromatic N) is 5. The molecular formula is C15H18N6O3S. The molecule has 10 heteroatoms. The molecule has 0 aliphatic rings. The van der Waals surface area contributed by atoms with E-state index < -0.39 is 10.0 Å². The number of aryl methyl sites for hydroxylation is 1. The van der Waals surface area contributed by atoms with Gasteiger partial charge in [0.05, 0.1) is 17.7 Å². The summed E-state index contributed by atoms with van der Waals surface area (Å²) in [5.74, 6) is 0.783. The van der Waals surface area contributed by atoms with Gasteiger partial charge in [0.1, 0.15) is 18.7 Å². The van der Waals surface area contributed by atoms with Gasteiger partial charge in [-0.15, -0.1) is 0 Å². The zero-order valence-electron chi connectivity index (χ0n) is 13.6. The number of aliphatic hydroxyl groups is 1. The molecule has 2 heterocycles. The van der Waals surface area contributed by atoms with Crippen LogP contribution in [0.25, 0.3) is 11.1 Å². The molecule has 0 spiro atoms. The van der Waals surface area contributed by atoms with Gasteiger partial charge in [-0.05, 0) is 17.7 Å². The van der Waals surface area contributed by atoms with E-state index in [-0.39, 0.29) is 18.0 Å². The topological polar surface area (TPSA) is 115 Å². The molecule has 0 saturated carbocycles. The molecule has 0 amide bonds. The van der Waals surface area contributed by atoms with Crippen molar-refractivity contribution >= 4 is 10.0 Å². The van der Waals surface area contributed by atoms with Gasteiger partial charge in [0.15, 0.2) is 0 Å². The average molecular weight is 362 g/mol. The summed E-state index contributed by atoms with van der Waals surface area (Å²) in [5.41, 5.74) is 1.72. The second-order valence-corrected chi connectivity index (χ2v) is 7.14. The van der Waals surface area contributed by atoms with Gasteiger partial charge in [0, 0.05) is 25.4 Å². The van der Waals surface area contributed by atoms with Crippen molar-refractivity contribution in [2.24, 2.45) is 7.05 Å². The van der Waals surface area contributed by atoms with E-state index in [1.807, 2.05) is 13.2 Å². The predicted molar refractivity (Wildman–Crippen MR) is 90.0 cm³/mol. The van der Waals surface area contributed by atoms with E-state index in [9.17, 15) is 8.42 Å². The molecule has 132 valence electrons. The van der Waals surface area contributed by atoms with Crippen molar-refractivity contribution < 1.29 is 13.5 Å². The fourth-order valence-electron chi connectivity index (χ4n) is 2.30. The maximum Gasteiger partial charge on any atom is 0.240 e. The molecular weight excluding hydrogens is 344 g/mol. The summed E-state index contributed by atoms with van der Waals surface area (Å²) < 4.78 is 29.7. The Kier molecular flexibility index (Phi) is 4.93. The molecule has 0 bridgehead atoms. The Balaban J connectivity index is 1.76. The van der Waals surface area contributed by atoms with Crippen LogP contribution < -0.4 is 4.72 Å². The van der Waals surface area contributed by atoms with Gasteiger partial charge in [0.2, 0.25) is 10.0 Å². The van der Waals surface area contributed by atoms with Crippen LogP contribution in [-0.4, -0.2) is 51.2 Å².